The summed E-state index contributed by atoms with van der Waals surface area (Å²) in [5.74, 6) is 0. The number of hydrogen-bond donors (Lipinski definition) is 2. The smallest absolute Gasteiger partial charge is 0.250 e. The van der Waals surface area contributed by atoms with Gasteiger partial charge in [0.25, 0.3) is 0 Å². The van der Waals surface area contributed by atoms with Crippen molar-refractivity contribution in [3.05, 3.63) is 17.0 Å². The van der Waals surface area contributed by atoms with Gasteiger partial charge in [-0.2, -0.15) is 0 Å². The molecule has 0 aliphatic rings. The van der Waals surface area contributed by atoms with Crippen LogP contribution in [0.5, 0.6) is 0 Å². The lowest BCUT2D eigenvalue weighted by molar-refractivity contribution is 0.0320. The number of rotatable bonds is 10. The Hall–Kier alpha value is -0.510. The molecule has 122 valence electrons. The number of thiophene rings is 1. The highest BCUT2D eigenvalue weighted by Crippen LogP contribution is 2.21. The van der Waals surface area contributed by atoms with Crippen LogP contribution in [0, 0.1) is 0 Å². The lowest BCUT2D eigenvalue weighted by Crippen LogP contribution is -2.35. The van der Waals surface area contributed by atoms with Crippen LogP contribution in [-0.4, -0.2) is 47.9 Å². The minimum absolute atomic E-state index is 0.185. The van der Waals surface area contributed by atoms with E-state index >= 15 is 0 Å². The van der Waals surface area contributed by atoms with Crippen LogP contribution in [0.4, 0.5) is 0 Å². The van der Waals surface area contributed by atoms with Gasteiger partial charge in [0, 0.05) is 38.2 Å². The molecule has 2 N–H and O–H groups in total. The van der Waals surface area contributed by atoms with Crippen molar-refractivity contribution in [3.8, 4) is 0 Å². The van der Waals surface area contributed by atoms with Crippen molar-refractivity contribution in [2.45, 2.75) is 36.7 Å². The van der Waals surface area contributed by atoms with Crippen LogP contribution < -0.4 is 10.0 Å². The Labute approximate surface area is 130 Å². The van der Waals surface area contributed by atoms with E-state index in [4.69, 9.17) is 9.47 Å². The molecule has 1 rings (SSSR count). The Kier molecular flexibility index (Phi) is 7.78. The molecule has 1 heterocycles. The summed E-state index contributed by atoms with van der Waals surface area (Å²) in [4.78, 5) is 0.990. The van der Waals surface area contributed by atoms with Crippen LogP contribution in [-0.2, 0) is 26.0 Å². The van der Waals surface area contributed by atoms with Crippen LogP contribution in [0.1, 0.15) is 18.7 Å². The predicted octanol–water partition coefficient (Wildman–Crippen LogP) is 1.19. The SMILES string of the molecule is COCC(CNS(=O)(=O)c1ccc(CNC(C)C)s1)OC. The van der Waals surface area contributed by atoms with E-state index in [-0.39, 0.29) is 12.6 Å². The minimum Gasteiger partial charge on any atom is -0.382 e. The molecule has 0 bridgehead atoms. The van der Waals surface area contributed by atoms with E-state index < -0.39 is 10.0 Å². The zero-order valence-electron chi connectivity index (χ0n) is 12.9. The molecule has 1 unspecified atom stereocenters. The monoisotopic (exact) mass is 336 g/mol. The standard InChI is InChI=1S/C13H24N2O4S2/c1-10(2)14-8-12-5-6-13(20-12)21(16,17)15-7-11(19-4)9-18-3/h5-6,10-11,14-15H,7-9H2,1-4H3. The van der Waals surface area contributed by atoms with E-state index in [2.05, 4.69) is 10.0 Å². The van der Waals surface area contributed by atoms with Crippen molar-refractivity contribution < 1.29 is 17.9 Å². The first kappa shape index (κ1) is 18.5. The van der Waals surface area contributed by atoms with Gasteiger partial charge in [0.1, 0.15) is 4.21 Å². The average Bonchev–Trinajstić information content (AvgIpc) is 2.91. The molecule has 1 aromatic rings. The van der Waals surface area contributed by atoms with Gasteiger partial charge in [0.05, 0.1) is 12.7 Å². The normalized spacial score (nSPS) is 13.8. The first-order chi connectivity index (χ1) is 9.89. The Balaban J connectivity index is 2.61. The van der Waals surface area contributed by atoms with Crippen LogP contribution in [0.3, 0.4) is 0 Å². The third-order valence-electron chi connectivity index (χ3n) is 2.77. The molecule has 0 amide bonds. The third-order valence-corrected chi connectivity index (χ3v) is 5.77. The van der Waals surface area contributed by atoms with Crippen LogP contribution in [0.25, 0.3) is 0 Å². The second-order valence-corrected chi connectivity index (χ2v) is 8.08. The Bertz CT molecular complexity index is 514. The molecule has 21 heavy (non-hydrogen) atoms. The zero-order chi connectivity index (χ0) is 15.9. The summed E-state index contributed by atoms with van der Waals surface area (Å²) in [7, 11) is -0.420. The first-order valence-electron chi connectivity index (χ1n) is 6.72. The van der Waals surface area contributed by atoms with Crippen molar-refractivity contribution in [1.29, 1.82) is 0 Å². The average molecular weight is 336 g/mol. The molecule has 0 fully saturated rings. The molecule has 0 spiro atoms. The van der Waals surface area contributed by atoms with Crippen molar-refractivity contribution in [2.24, 2.45) is 0 Å². The number of hydrogen-bond acceptors (Lipinski definition) is 6. The van der Waals surface area contributed by atoms with Gasteiger partial charge in [-0.05, 0) is 12.1 Å². The van der Waals surface area contributed by atoms with Gasteiger partial charge in [-0.1, -0.05) is 13.8 Å². The van der Waals surface area contributed by atoms with Gasteiger partial charge in [-0.15, -0.1) is 11.3 Å². The molecule has 8 heteroatoms. The van der Waals surface area contributed by atoms with Crippen molar-refractivity contribution in [3.63, 3.8) is 0 Å². The van der Waals surface area contributed by atoms with E-state index in [0.717, 1.165) is 4.88 Å². The molecule has 1 atom stereocenters. The highest BCUT2D eigenvalue weighted by atomic mass is 32.2. The van der Waals surface area contributed by atoms with Crippen molar-refractivity contribution in [1.82, 2.24) is 10.0 Å². The van der Waals surface area contributed by atoms with Crippen molar-refractivity contribution >= 4 is 21.4 Å². The molecule has 0 aliphatic carbocycles. The van der Waals surface area contributed by atoms with Crippen molar-refractivity contribution in [2.75, 3.05) is 27.4 Å². The van der Waals surface area contributed by atoms with Gasteiger partial charge >= 0.3 is 0 Å². The van der Waals surface area contributed by atoms with E-state index in [1.165, 1.54) is 18.4 Å². The quantitative estimate of drug-likeness (QED) is 0.671. The third kappa shape index (κ3) is 6.41. The summed E-state index contributed by atoms with van der Waals surface area (Å²) in [5.41, 5.74) is 0. The molecule has 0 saturated carbocycles. The van der Waals surface area contributed by atoms with Crippen LogP contribution >= 0.6 is 11.3 Å². The predicted molar refractivity (Wildman–Crippen MR) is 84.2 cm³/mol. The van der Waals surface area contributed by atoms with Crippen LogP contribution in [0.2, 0.25) is 0 Å². The van der Waals surface area contributed by atoms with Crippen LogP contribution in [0.15, 0.2) is 16.3 Å². The molecule has 1 aromatic heterocycles. The van der Waals surface area contributed by atoms with Gasteiger partial charge in [0.2, 0.25) is 10.0 Å². The highest BCUT2D eigenvalue weighted by molar-refractivity contribution is 7.91. The van der Waals surface area contributed by atoms with E-state index in [0.29, 0.717) is 23.4 Å². The lowest BCUT2D eigenvalue weighted by atomic mass is 10.4. The Morgan fingerprint density at radius 3 is 2.57 bits per heavy atom. The molecule has 0 aromatic carbocycles. The molecular formula is C13H24N2O4S2. The minimum atomic E-state index is -3.50. The summed E-state index contributed by atoms with van der Waals surface area (Å²) in [6, 6.07) is 3.82. The highest BCUT2D eigenvalue weighted by Gasteiger charge is 2.19. The molecule has 6 nitrogen and oxygen atoms in total. The summed E-state index contributed by atoms with van der Waals surface area (Å²) < 4.78 is 37.3. The van der Waals surface area contributed by atoms with Gasteiger partial charge < -0.3 is 14.8 Å². The van der Waals surface area contributed by atoms with E-state index in [1.54, 1.807) is 13.2 Å². The van der Waals surface area contributed by atoms with E-state index in [1.807, 2.05) is 19.9 Å². The molecule has 0 saturated heterocycles. The lowest BCUT2D eigenvalue weighted by Gasteiger charge is -2.14. The summed E-state index contributed by atoms with van der Waals surface area (Å²) >= 11 is 1.27. The second-order valence-electron chi connectivity index (χ2n) is 4.92. The topological polar surface area (TPSA) is 76.7 Å². The largest absolute Gasteiger partial charge is 0.382 e. The fraction of sp³-hybridized carbons (Fsp3) is 0.692. The number of ether oxygens (including phenoxy) is 2. The number of sulfonamides is 1. The van der Waals surface area contributed by atoms with Gasteiger partial charge in [-0.3, -0.25) is 0 Å². The second kappa shape index (κ2) is 8.82. The van der Waals surface area contributed by atoms with E-state index in [9.17, 15) is 8.42 Å². The maximum absolute atomic E-state index is 12.2. The summed E-state index contributed by atoms with van der Waals surface area (Å²) in [6.07, 6.45) is -0.299. The zero-order valence-corrected chi connectivity index (χ0v) is 14.5. The fourth-order valence-electron chi connectivity index (χ4n) is 1.57. The van der Waals surface area contributed by atoms with Gasteiger partial charge in [-0.25, -0.2) is 13.1 Å². The molecule has 0 radical (unpaired) electrons. The van der Waals surface area contributed by atoms with Gasteiger partial charge in [0.15, 0.2) is 0 Å². The Morgan fingerprint density at radius 1 is 1.29 bits per heavy atom. The molecule has 0 aliphatic heterocycles. The summed E-state index contributed by atoms with van der Waals surface area (Å²) in [5, 5.41) is 3.26. The maximum atomic E-state index is 12.2. The maximum Gasteiger partial charge on any atom is 0.250 e. The number of methoxy groups -OCH3 is 2. The first-order valence-corrected chi connectivity index (χ1v) is 9.02. The number of nitrogens with one attached hydrogen (secondary N) is 2. The Morgan fingerprint density at radius 2 is 2.00 bits per heavy atom. The molecular weight excluding hydrogens is 312 g/mol. The fourth-order valence-corrected chi connectivity index (χ4v) is 3.99. The summed E-state index contributed by atoms with van der Waals surface area (Å²) in [6.45, 7) is 5.29.